The Bertz CT molecular complexity index is 470. The van der Waals surface area contributed by atoms with Gasteiger partial charge in [-0.3, -0.25) is 9.78 Å². The van der Waals surface area contributed by atoms with E-state index < -0.39 is 0 Å². The van der Waals surface area contributed by atoms with E-state index in [1.807, 2.05) is 0 Å². The third-order valence-corrected chi connectivity index (χ3v) is 1.90. The average molecular weight is 193 g/mol. The van der Waals surface area contributed by atoms with Gasteiger partial charge in [-0.05, 0) is 6.07 Å². The molecular formula is C9H5ClN2O. The molecule has 0 N–H and O–H groups in total. The predicted octanol–water partition coefficient (Wildman–Crippen LogP) is 2.10. The van der Waals surface area contributed by atoms with E-state index in [1.165, 1.54) is 6.20 Å². The maximum absolute atomic E-state index is 10.4. The number of fused-ring (bicyclic) bond motifs is 1. The van der Waals surface area contributed by atoms with E-state index in [4.69, 9.17) is 11.6 Å². The number of nitrogens with zero attached hydrogens (tertiary/aromatic N) is 2. The van der Waals surface area contributed by atoms with Gasteiger partial charge in [0.2, 0.25) is 0 Å². The van der Waals surface area contributed by atoms with E-state index in [2.05, 4.69) is 9.97 Å². The zero-order valence-corrected chi connectivity index (χ0v) is 7.32. The standard InChI is InChI=1S/C9H5ClN2O/c10-9-2-8-7(4-12-9)1-6(5-13)3-11-8/h1-5H. The molecule has 13 heavy (non-hydrogen) atoms. The molecule has 2 aromatic rings. The summed E-state index contributed by atoms with van der Waals surface area (Å²) in [7, 11) is 0. The molecule has 3 nitrogen and oxygen atoms in total. The lowest BCUT2D eigenvalue weighted by Gasteiger charge is -1.96. The van der Waals surface area contributed by atoms with E-state index in [0.717, 1.165) is 17.2 Å². The second-order valence-corrected chi connectivity index (χ2v) is 2.97. The Hall–Kier alpha value is -1.48. The monoisotopic (exact) mass is 192 g/mol. The van der Waals surface area contributed by atoms with Crippen LogP contribution in [-0.2, 0) is 0 Å². The lowest BCUT2D eigenvalue weighted by atomic mass is 10.2. The van der Waals surface area contributed by atoms with Crippen LogP contribution in [0, 0.1) is 0 Å². The topological polar surface area (TPSA) is 42.9 Å². The second-order valence-electron chi connectivity index (χ2n) is 2.59. The Morgan fingerprint density at radius 2 is 2.08 bits per heavy atom. The summed E-state index contributed by atoms with van der Waals surface area (Å²) in [5.74, 6) is 0. The number of rotatable bonds is 1. The van der Waals surface area contributed by atoms with Crippen LogP contribution in [0.4, 0.5) is 0 Å². The minimum absolute atomic E-state index is 0.402. The zero-order chi connectivity index (χ0) is 9.26. The number of hydrogen-bond donors (Lipinski definition) is 0. The maximum Gasteiger partial charge on any atom is 0.151 e. The second kappa shape index (κ2) is 3.11. The minimum Gasteiger partial charge on any atom is -0.298 e. The zero-order valence-electron chi connectivity index (χ0n) is 6.57. The highest BCUT2D eigenvalue weighted by Crippen LogP contribution is 2.14. The Kier molecular flexibility index (Phi) is 1.94. The molecule has 2 heterocycles. The Morgan fingerprint density at radius 3 is 2.85 bits per heavy atom. The van der Waals surface area contributed by atoms with Crippen LogP contribution >= 0.6 is 11.6 Å². The molecule has 0 unspecified atom stereocenters. The largest absolute Gasteiger partial charge is 0.298 e. The fourth-order valence-electron chi connectivity index (χ4n) is 1.08. The quantitative estimate of drug-likeness (QED) is 0.513. The predicted molar refractivity (Wildman–Crippen MR) is 49.9 cm³/mol. The average Bonchev–Trinajstić information content (AvgIpc) is 2.17. The van der Waals surface area contributed by atoms with Crippen molar-refractivity contribution >= 4 is 28.8 Å². The summed E-state index contributed by atoms with van der Waals surface area (Å²) in [5, 5.41) is 1.22. The summed E-state index contributed by atoms with van der Waals surface area (Å²) < 4.78 is 0. The van der Waals surface area contributed by atoms with E-state index in [1.54, 1.807) is 18.3 Å². The number of aldehydes is 1. The van der Waals surface area contributed by atoms with Crippen LogP contribution in [0.15, 0.2) is 24.5 Å². The first-order valence-electron chi connectivity index (χ1n) is 3.66. The first-order chi connectivity index (χ1) is 6.29. The van der Waals surface area contributed by atoms with Crippen molar-refractivity contribution in [2.75, 3.05) is 0 Å². The van der Waals surface area contributed by atoms with Gasteiger partial charge in [-0.1, -0.05) is 11.6 Å². The van der Waals surface area contributed by atoms with E-state index in [0.29, 0.717) is 10.7 Å². The van der Waals surface area contributed by atoms with Crippen LogP contribution in [0.2, 0.25) is 5.15 Å². The van der Waals surface area contributed by atoms with Gasteiger partial charge in [0.05, 0.1) is 5.52 Å². The molecular weight excluding hydrogens is 188 g/mol. The lowest BCUT2D eigenvalue weighted by Crippen LogP contribution is -1.85. The van der Waals surface area contributed by atoms with Gasteiger partial charge in [0.15, 0.2) is 6.29 Å². The molecule has 2 rings (SSSR count). The highest BCUT2D eigenvalue weighted by molar-refractivity contribution is 6.29. The van der Waals surface area contributed by atoms with Crippen LogP contribution in [0.25, 0.3) is 10.9 Å². The SMILES string of the molecule is O=Cc1cnc2cc(Cl)ncc2c1. The van der Waals surface area contributed by atoms with Gasteiger partial charge in [0, 0.05) is 29.4 Å². The van der Waals surface area contributed by atoms with Crippen LogP contribution in [0.1, 0.15) is 10.4 Å². The molecule has 0 saturated carbocycles. The van der Waals surface area contributed by atoms with Crippen LogP contribution in [0.3, 0.4) is 0 Å². The molecule has 0 aliphatic rings. The molecule has 4 heteroatoms. The first-order valence-corrected chi connectivity index (χ1v) is 4.04. The fourth-order valence-corrected chi connectivity index (χ4v) is 1.23. The summed E-state index contributed by atoms with van der Waals surface area (Å²) in [5.41, 5.74) is 1.28. The van der Waals surface area contributed by atoms with Crippen molar-refractivity contribution in [2.24, 2.45) is 0 Å². The summed E-state index contributed by atoms with van der Waals surface area (Å²) in [4.78, 5) is 18.4. The molecule has 0 fully saturated rings. The Morgan fingerprint density at radius 1 is 1.23 bits per heavy atom. The fraction of sp³-hybridized carbons (Fsp3) is 0. The minimum atomic E-state index is 0.402. The number of halogens is 1. The molecule has 0 aromatic carbocycles. The molecule has 0 atom stereocenters. The van der Waals surface area contributed by atoms with Crippen LogP contribution in [0.5, 0.6) is 0 Å². The Labute approximate surface area is 79.4 Å². The molecule has 0 aliphatic carbocycles. The van der Waals surface area contributed by atoms with E-state index in [9.17, 15) is 4.79 Å². The van der Waals surface area contributed by atoms with E-state index in [-0.39, 0.29) is 0 Å². The van der Waals surface area contributed by atoms with Gasteiger partial charge in [-0.2, -0.15) is 0 Å². The third-order valence-electron chi connectivity index (χ3n) is 1.69. The first kappa shape index (κ1) is 8.13. The Balaban J connectivity index is 2.73. The molecule has 0 radical (unpaired) electrons. The third kappa shape index (κ3) is 1.51. The van der Waals surface area contributed by atoms with Gasteiger partial charge in [0.1, 0.15) is 5.15 Å². The highest BCUT2D eigenvalue weighted by Gasteiger charge is 1.98. The lowest BCUT2D eigenvalue weighted by molar-refractivity contribution is 0.112. The molecule has 0 amide bonds. The van der Waals surface area contributed by atoms with Crippen molar-refractivity contribution in [1.29, 1.82) is 0 Å². The van der Waals surface area contributed by atoms with Crippen LogP contribution in [-0.4, -0.2) is 16.3 Å². The van der Waals surface area contributed by atoms with Gasteiger partial charge in [-0.15, -0.1) is 0 Å². The summed E-state index contributed by atoms with van der Waals surface area (Å²) in [6, 6.07) is 3.38. The van der Waals surface area contributed by atoms with Crippen molar-refractivity contribution in [3.8, 4) is 0 Å². The normalized spacial score (nSPS) is 10.2. The smallest absolute Gasteiger partial charge is 0.151 e. The maximum atomic E-state index is 10.4. The molecule has 64 valence electrons. The summed E-state index contributed by atoms with van der Waals surface area (Å²) in [6.45, 7) is 0. The van der Waals surface area contributed by atoms with Crippen molar-refractivity contribution in [3.63, 3.8) is 0 Å². The van der Waals surface area contributed by atoms with Crippen molar-refractivity contribution in [3.05, 3.63) is 35.2 Å². The van der Waals surface area contributed by atoms with Crippen molar-refractivity contribution < 1.29 is 4.79 Å². The van der Waals surface area contributed by atoms with Crippen molar-refractivity contribution in [2.45, 2.75) is 0 Å². The summed E-state index contributed by atoms with van der Waals surface area (Å²) >= 11 is 5.67. The number of hydrogen-bond acceptors (Lipinski definition) is 3. The summed E-state index contributed by atoms with van der Waals surface area (Å²) in [6.07, 6.45) is 3.85. The van der Waals surface area contributed by atoms with Crippen molar-refractivity contribution in [1.82, 2.24) is 9.97 Å². The molecule has 0 saturated heterocycles. The van der Waals surface area contributed by atoms with E-state index >= 15 is 0 Å². The molecule has 0 spiro atoms. The number of pyridine rings is 2. The molecule has 2 aromatic heterocycles. The molecule has 0 bridgehead atoms. The van der Waals surface area contributed by atoms with Gasteiger partial charge in [-0.25, -0.2) is 4.98 Å². The number of carbonyl (C=O) groups is 1. The van der Waals surface area contributed by atoms with Crippen LogP contribution < -0.4 is 0 Å². The van der Waals surface area contributed by atoms with Gasteiger partial charge < -0.3 is 0 Å². The highest BCUT2D eigenvalue weighted by atomic mass is 35.5. The van der Waals surface area contributed by atoms with Gasteiger partial charge >= 0.3 is 0 Å². The number of aromatic nitrogens is 2. The number of carbonyl (C=O) groups excluding carboxylic acids is 1. The van der Waals surface area contributed by atoms with Gasteiger partial charge in [0.25, 0.3) is 0 Å². The molecule has 0 aliphatic heterocycles.